The first kappa shape index (κ1) is 22.4. The molecule has 0 aliphatic heterocycles. The van der Waals surface area contributed by atoms with Gasteiger partial charge in [0.25, 0.3) is 0 Å². The maximum absolute atomic E-state index is 12.9. The molecule has 0 saturated heterocycles. The number of hydrogen-bond acceptors (Lipinski definition) is 2. The van der Waals surface area contributed by atoms with Crippen LogP contribution in [0.4, 0.5) is 0 Å². The van der Waals surface area contributed by atoms with Crippen LogP contribution < -0.4 is 5.32 Å². The molecular formula is C24H35NO2Si. The Hall–Kier alpha value is -1.91. The minimum absolute atomic E-state index is 0.0855. The molecule has 2 aromatic rings. The van der Waals surface area contributed by atoms with Crippen LogP contribution >= 0.6 is 0 Å². The van der Waals surface area contributed by atoms with E-state index in [0.717, 1.165) is 12.0 Å². The zero-order valence-corrected chi connectivity index (χ0v) is 19.0. The lowest BCUT2D eigenvalue weighted by Gasteiger charge is -2.36. The summed E-state index contributed by atoms with van der Waals surface area (Å²) in [5, 5.41) is 3.34. The van der Waals surface area contributed by atoms with E-state index in [1.54, 1.807) is 0 Å². The second-order valence-electron chi connectivity index (χ2n) is 8.91. The second kappa shape index (κ2) is 10.0. The van der Waals surface area contributed by atoms with E-state index in [4.69, 9.17) is 4.43 Å². The fraction of sp³-hybridized carbons (Fsp3) is 0.458. The fourth-order valence-electron chi connectivity index (χ4n) is 2.85. The van der Waals surface area contributed by atoms with E-state index in [-0.39, 0.29) is 16.9 Å². The molecule has 28 heavy (non-hydrogen) atoms. The summed E-state index contributed by atoms with van der Waals surface area (Å²) < 4.78 is 6.20. The molecule has 0 bridgehead atoms. The van der Waals surface area contributed by atoms with Crippen LogP contribution in [-0.2, 0) is 15.6 Å². The van der Waals surface area contributed by atoms with Crippen molar-refractivity contribution < 1.29 is 9.22 Å². The van der Waals surface area contributed by atoms with Gasteiger partial charge in [-0.05, 0) is 42.1 Å². The van der Waals surface area contributed by atoms with Crippen LogP contribution in [0.2, 0.25) is 18.1 Å². The molecule has 3 nitrogen and oxygen atoms in total. The predicted octanol–water partition coefficient (Wildman–Crippen LogP) is 5.54. The molecule has 1 amide bonds. The van der Waals surface area contributed by atoms with Gasteiger partial charge in [-0.2, -0.15) is 0 Å². The number of amides is 1. The van der Waals surface area contributed by atoms with Crippen molar-refractivity contribution in [3.05, 3.63) is 71.8 Å². The maximum Gasteiger partial charge on any atom is 0.227 e. The molecule has 0 spiro atoms. The second-order valence-corrected chi connectivity index (χ2v) is 13.7. The van der Waals surface area contributed by atoms with Crippen LogP contribution in [0.1, 0.15) is 44.2 Å². The van der Waals surface area contributed by atoms with E-state index >= 15 is 0 Å². The maximum atomic E-state index is 12.9. The Labute approximate surface area is 171 Å². The average Bonchev–Trinajstić information content (AvgIpc) is 2.66. The number of benzene rings is 2. The van der Waals surface area contributed by atoms with Crippen molar-refractivity contribution in [1.82, 2.24) is 5.32 Å². The molecule has 1 N–H and O–H groups in total. The monoisotopic (exact) mass is 397 g/mol. The summed E-state index contributed by atoms with van der Waals surface area (Å²) >= 11 is 0. The van der Waals surface area contributed by atoms with Crippen molar-refractivity contribution in [2.75, 3.05) is 13.2 Å². The van der Waals surface area contributed by atoms with Gasteiger partial charge in [-0.1, -0.05) is 81.4 Å². The predicted molar refractivity (Wildman–Crippen MR) is 120 cm³/mol. The average molecular weight is 398 g/mol. The highest BCUT2D eigenvalue weighted by molar-refractivity contribution is 6.74. The minimum atomic E-state index is -1.72. The molecule has 0 fully saturated rings. The Bertz CT molecular complexity index is 723. The Kier molecular flexibility index (Phi) is 8.02. The SMILES string of the molecule is CC(C)(C)[Si](C)(C)OCCCNC(=O)C(Cc1ccccc1)c1ccccc1. The first-order chi connectivity index (χ1) is 13.2. The van der Waals surface area contributed by atoms with Crippen molar-refractivity contribution in [2.24, 2.45) is 0 Å². The van der Waals surface area contributed by atoms with Crippen LogP contribution in [0, 0.1) is 0 Å². The fourth-order valence-corrected chi connectivity index (χ4v) is 3.94. The van der Waals surface area contributed by atoms with E-state index < -0.39 is 8.32 Å². The van der Waals surface area contributed by atoms with E-state index in [1.807, 2.05) is 48.5 Å². The number of hydrogen-bond donors (Lipinski definition) is 1. The molecular weight excluding hydrogens is 362 g/mol. The van der Waals surface area contributed by atoms with E-state index in [2.05, 4.69) is 51.3 Å². The number of carbonyl (C=O) groups is 1. The standard InChI is InChI=1S/C24H35NO2Si/c1-24(2,3)28(4,5)27-18-12-17-25-23(26)22(21-15-10-7-11-16-21)19-20-13-8-6-9-14-20/h6-11,13-16,22H,12,17-19H2,1-5H3,(H,25,26). The topological polar surface area (TPSA) is 38.3 Å². The van der Waals surface area contributed by atoms with Crippen molar-refractivity contribution in [3.63, 3.8) is 0 Å². The Morgan fingerprint density at radius 3 is 2.14 bits per heavy atom. The molecule has 0 aromatic heterocycles. The summed E-state index contributed by atoms with van der Waals surface area (Å²) in [4.78, 5) is 12.9. The molecule has 2 rings (SSSR count). The molecule has 0 radical (unpaired) electrons. The van der Waals surface area contributed by atoms with E-state index in [9.17, 15) is 4.79 Å². The highest BCUT2D eigenvalue weighted by atomic mass is 28.4. The summed E-state index contributed by atoms with van der Waals surface area (Å²) in [6.07, 6.45) is 1.54. The van der Waals surface area contributed by atoms with Crippen LogP contribution in [-0.4, -0.2) is 27.4 Å². The van der Waals surface area contributed by atoms with Gasteiger partial charge in [-0.3, -0.25) is 4.79 Å². The molecule has 0 saturated carbocycles. The van der Waals surface area contributed by atoms with Gasteiger partial charge in [0, 0.05) is 13.2 Å². The number of nitrogens with one attached hydrogen (secondary N) is 1. The van der Waals surface area contributed by atoms with Crippen LogP contribution in [0.15, 0.2) is 60.7 Å². The van der Waals surface area contributed by atoms with Crippen molar-refractivity contribution in [3.8, 4) is 0 Å². The van der Waals surface area contributed by atoms with Gasteiger partial charge >= 0.3 is 0 Å². The molecule has 4 heteroatoms. The first-order valence-corrected chi connectivity index (χ1v) is 13.1. The van der Waals surface area contributed by atoms with Crippen molar-refractivity contribution in [2.45, 2.75) is 57.7 Å². The summed E-state index contributed by atoms with van der Waals surface area (Å²) in [6.45, 7) is 12.6. The molecule has 152 valence electrons. The van der Waals surface area contributed by atoms with Gasteiger partial charge in [0.05, 0.1) is 5.92 Å². The van der Waals surface area contributed by atoms with E-state index in [1.165, 1.54) is 5.56 Å². The highest BCUT2D eigenvalue weighted by Gasteiger charge is 2.36. The highest BCUT2D eigenvalue weighted by Crippen LogP contribution is 2.36. The van der Waals surface area contributed by atoms with Crippen LogP contribution in [0.25, 0.3) is 0 Å². The lowest BCUT2D eigenvalue weighted by molar-refractivity contribution is -0.122. The summed E-state index contributed by atoms with van der Waals surface area (Å²) in [5.41, 5.74) is 2.23. The van der Waals surface area contributed by atoms with Gasteiger partial charge < -0.3 is 9.74 Å². The molecule has 1 atom stereocenters. The normalized spacial score (nSPS) is 13.2. The molecule has 0 aliphatic rings. The number of rotatable bonds is 9. The van der Waals surface area contributed by atoms with Crippen LogP contribution in [0.5, 0.6) is 0 Å². The minimum Gasteiger partial charge on any atom is -0.417 e. The van der Waals surface area contributed by atoms with Crippen LogP contribution in [0.3, 0.4) is 0 Å². The molecule has 0 aliphatic carbocycles. The summed E-state index contributed by atoms with van der Waals surface area (Å²) in [6, 6.07) is 20.2. The summed E-state index contributed by atoms with van der Waals surface area (Å²) in [5.74, 6) is -0.0905. The molecule has 0 heterocycles. The Balaban J connectivity index is 1.91. The lowest BCUT2D eigenvalue weighted by atomic mass is 9.91. The van der Waals surface area contributed by atoms with Gasteiger partial charge in [0.2, 0.25) is 5.91 Å². The zero-order valence-electron chi connectivity index (χ0n) is 18.0. The molecule has 2 aromatic carbocycles. The van der Waals surface area contributed by atoms with Gasteiger partial charge in [0.15, 0.2) is 8.32 Å². The van der Waals surface area contributed by atoms with E-state index in [0.29, 0.717) is 19.6 Å². The third-order valence-corrected chi connectivity index (χ3v) is 10.2. The Morgan fingerprint density at radius 1 is 1.00 bits per heavy atom. The quantitative estimate of drug-likeness (QED) is 0.445. The Morgan fingerprint density at radius 2 is 1.57 bits per heavy atom. The van der Waals surface area contributed by atoms with Gasteiger partial charge in [-0.15, -0.1) is 0 Å². The summed E-state index contributed by atoms with van der Waals surface area (Å²) in [7, 11) is -1.72. The first-order valence-electron chi connectivity index (χ1n) is 10.2. The van der Waals surface area contributed by atoms with Crippen molar-refractivity contribution >= 4 is 14.2 Å². The third-order valence-electron chi connectivity index (χ3n) is 5.69. The van der Waals surface area contributed by atoms with Gasteiger partial charge in [-0.25, -0.2) is 0 Å². The smallest absolute Gasteiger partial charge is 0.227 e. The largest absolute Gasteiger partial charge is 0.417 e. The lowest BCUT2D eigenvalue weighted by Crippen LogP contribution is -2.41. The number of carbonyl (C=O) groups excluding carboxylic acids is 1. The zero-order chi connectivity index (χ0) is 20.6. The van der Waals surface area contributed by atoms with Gasteiger partial charge in [0.1, 0.15) is 0 Å². The van der Waals surface area contributed by atoms with Crippen molar-refractivity contribution in [1.29, 1.82) is 0 Å². The molecule has 1 unspecified atom stereocenters. The third kappa shape index (κ3) is 6.61.